The maximum Gasteiger partial charge on any atom is 0.299 e. The van der Waals surface area contributed by atoms with Crippen LogP contribution in [0.25, 0.3) is 0 Å². The van der Waals surface area contributed by atoms with Gasteiger partial charge in [0.1, 0.15) is 5.82 Å². The molecule has 0 radical (unpaired) electrons. The molecule has 0 aliphatic carbocycles. The van der Waals surface area contributed by atoms with Crippen LogP contribution in [0.1, 0.15) is 15.9 Å². The lowest BCUT2D eigenvalue weighted by Crippen LogP contribution is -2.29. The van der Waals surface area contributed by atoms with Crippen molar-refractivity contribution < 1.29 is 14.0 Å². The molecular weight excluding hydrogens is 325 g/mol. The third-order valence-electron chi connectivity index (χ3n) is 3.22. The third kappa shape index (κ3) is 2.04. The molecule has 2 aromatic rings. The first kappa shape index (κ1) is 13.0. The fourth-order valence-corrected chi connectivity index (χ4v) is 2.65. The van der Waals surface area contributed by atoms with E-state index in [9.17, 15) is 14.0 Å². The highest BCUT2D eigenvalue weighted by Crippen LogP contribution is 2.30. The lowest BCUT2D eigenvalue weighted by atomic mass is 10.1. The van der Waals surface area contributed by atoms with E-state index in [4.69, 9.17) is 0 Å². The van der Waals surface area contributed by atoms with Gasteiger partial charge in [0.2, 0.25) is 0 Å². The number of nitrogens with zero attached hydrogens (tertiary/aromatic N) is 1. The second-order valence-corrected chi connectivity index (χ2v) is 5.39. The lowest BCUT2D eigenvalue weighted by molar-refractivity contribution is -0.114. The first-order chi connectivity index (χ1) is 9.58. The van der Waals surface area contributed by atoms with Gasteiger partial charge in [-0.25, -0.2) is 4.39 Å². The first-order valence-corrected chi connectivity index (χ1v) is 6.76. The predicted octanol–water partition coefficient (Wildman–Crippen LogP) is 3.32. The van der Waals surface area contributed by atoms with Crippen LogP contribution in [0, 0.1) is 5.82 Å². The molecule has 100 valence electrons. The molecule has 1 aliphatic rings. The molecule has 0 spiro atoms. The molecule has 0 unspecified atom stereocenters. The molecule has 0 bridgehead atoms. The number of anilines is 1. The van der Waals surface area contributed by atoms with Gasteiger partial charge in [0.25, 0.3) is 11.7 Å². The smallest absolute Gasteiger partial charge is 0.299 e. The van der Waals surface area contributed by atoms with Crippen molar-refractivity contribution in [2.45, 2.75) is 6.54 Å². The molecule has 1 heterocycles. The van der Waals surface area contributed by atoms with Crippen molar-refractivity contribution >= 4 is 33.3 Å². The van der Waals surface area contributed by atoms with Crippen LogP contribution >= 0.6 is 15.9 Å². The van der Waals surface area contributed by atoms with E-state index in [1.54, 1.807) is 36.4 Å². The Hall–Kier alpha value is -2.01. The van der Waals surface area contributed by atoms with Crippen molar-refractivity contribution in [3.8, 4) is 0 Å². The summed E-state index contributed by atoms with van der Waals surface area (Å²) >= 11 is 3.27. The largest absolute Gasteiger partial charge is 0.300 e. The normalized spacial score (nSPS) is 13.8. The predicted molar refractivity (Wildman–Crippen MR) is 76.1 cm³/mol. The standard InChI is InChI=1S/C15H9BrFNO2/c16-10-5-6-12(17)9(7-10)8-18-13-4-2-1-3-11(13)14(19)15(18)20/h1-7H,8H2. The van der Waals surface area contributed by atoms with Crippen molar-refractivity contribution in [1.29, 1.82) is 0 Å². The molecular formula is C15H9BrFNO2. The van der Waals surface area contributed by atoms with E-state index >= 15 is 0 Å². The van der Waals surface area contributed by atoms with E-state index in [0.29, 0.717) is 16.8 Å². The molecule has 3 rings (SSSR count). The Bertz CT molecular complexity index is 730. The monoisotopic (exact) mass is 333 g/mol. The summed E-state index contributed by atoms with van der Waals surface area (Å²) in [6.07, 6.45) is 0. The molecule has 0 atom stereocenters. The third-order valence-corrected chi connectivity index (χ3v) is 3.71. The van der Waals surface area contributed by atoms with E-state index in [1.165, 1.54) is 11.0 Å². The minimum Gasteiger partial charge on any atom is -0.300 e. The Morgan fingerprint density at radius 1 is 1.10 bits per heavy atom. The molecule has 0 N–H and O–H groups in total. The van der Waals surface area contributed by atoms with Gasteiger partial charge in [-0.3, -0.25) is 9.59 Å². The number of para-hydroxylation sites is 1. The molecule has 0 aromatic heterocycles. The van der Waals surface area contributed by atoms with Crippen LogP contribution in [0.4, 0.5) is 10.1 Å². The number of carbonyl (C=O) groups excluding carboxylic acids is 2. The van der Waals surface area contributed by atoms with Gasteiger partial charge in [-0.1, -0.05) is 28.1 Å². The SMILES string of the molecule is O=C1C(=O)N(Cc2cc(Br)ccc2F)c2ccccc21. The number of amides is 1. The number of hydrogen-bond donors (Lipinski definition) is 0. The zero-order chi connectivity index (χ0) is 14.3. The Labute approximate surface area is 123 Å². The summed E-state index contributed by atoms with van der Waals surface area (Å²) < 4.78 is 14.5. The van der Waals surface area contributed by atoms with Crippen molar-refractivity contribution in [2.75, 3.05) is 4.90 Å². The highest BCUT2D eigenvalue weighted by molar-refractivity contribution is 9.10. The van der Waals surface area contributed by atoms with Gasteiger partial charge < -0.3 is 4.90 Å². The van der Waals surface area contributed by atoms with Crippen LogP contribution in [-0.4, -0.2) is 11.7 Å². The van der Waals surface area contributed by atoms with Crippen LogP contribution in [-0.2, 0) is 11.3 Å². The second kappa shape index (κ2) is 4.83. The van der Waals surface area contributed by atoms with E-state index in [-0.39, 0.29) is 6.54 Å². The van der Waals surface area contributed by atoms with Crippen LogP contribution in [0.5, 0.6) is 0 Å². The van der Waals surface area contributed by atoms with Gasteiger partial charge in [-0.05, 0) is 30.3 Å². The van der Waals surface area contributed by atoms with Gasteiger partial charge in [0, 0.05) is 10.0 Å². The second-order valence-electron chi connectivity index (χ2n) is 4.47. The summed E-state index contributed by atoms with van der Waals surface area (Å²) in [4.78, 5) is 25.2. The maximum atomic E-state index is 13.8. The fraction of sp³-hybridized carbons (Fsp3) is 0.0667. The molecule has 0 fully saturated rings. The van der Waals surface area contributed by atoms with E-state index in [1.807, 2.05) is 0 Å². The van der Waals surface area contributed by atoms with Gasteiger partial charge in [-0.2, -0.15) is 0 Å². The summed E-state index contributed by atoms with van der Waals surface area (Å²) in [5.41, 5.74) is 1.26. The summed E-state index contributed by atoms with van der Waals surface area (Å²) in [6.45, 7) is 0.0346. The van der Waals surface area contributed by atoms with Crippen molar-refractivity contribution in [3.63, 3.8) is 0 Å². The minimum atomic E-state index is -0.620. The van der Waals surface area contributed by atoms with Crippen molar-refractivity contribution in [2.24, 2.45) is 0 Å². The molecule has 5 heteroatoms. The van der Waals surface area contributed by atoms with Crippen LogP contribution in [0.2, 0.25) is 0 Å². The van der Waals surface area contributed by atoms with Gasteiger partial charge in [-0.15, -0.1) is 0 Å². The van der Waals surface area contributed by atoms with E-state index in [0.717, 1.165) is 4.47 Å². The molecule has 20 heavy (non-hydrogen) atoms. The number of halogens is 2. The van der Waals surface area contributed by atoms with Crippen LogP contribution < -0.4 is 4.90 Å². The minimum absolute atomic E-state index is 0.0346. The van der Waals surface area contributed by atoms with Crippen molar-refractivity contribution in [3.05, 3.63) is 63.9 Å². The van der Waals surface area contributed by atoms with E-state index < -0.39 is 17.5 Å². The number of carbonyl (C=O) groups is 2. The average molecular weight is 334 g/mol. The number of fused-ring (bicyclic) bond motifs is 1. The molecule has 1 amide bonds. The van der Waals surface area contributed by atoms with Crippen LogP contribution in [0.3, 0.4) is 0 Å². The summed E-state index contributed by atoms with van der Waals surface area (Å²) in [6, 6.07) is 11.3. The quantitative estimate of drug-likeness (QED) is 0.790. The number of benzene rings is 2. The molecule has 0 saturated carbocycles. The highest BCUT2D eigenvalue weighted by atomic mass is 79.9. The highest BCUT2D eigenvalue weighted by Gasteiger charge is 2.35. The van der Waals surface area contributed by atoms with Crippen molar-refractivity contribution in [1.82, 2.24) is 0 Å². The van der Waals surface area contributed by atoms with Gasteiger partial charge in [0.15, 0.2) is 0 Å². The summed E-state index contributed by atoms with van der Waals surface area (Å²) in [5.74, 6) is -1.57. The number of rotatable bonds is 2. The fourth-order valence-electron chi connectivity index (χ4n) is 2.24. The summed E-state index contributed by atoms with van der Waals surface area (Å²) in [7, 11) is 0. The molecule has 2 aromatic carbocycles. The zero-order valence-corrected chi connectivity index (χ0v) is 11.9. The van der Waals surface area contributed by atoms with Gasteiger partial charge in [0.05, 0.1) is 17.8 Å². The number of Topliss-reactive ketones (excluding diaryl/α,β-unsaturated/α-hetero) is 1. The Morgan fingerprint density at radius 2 is 1.85 bits per heavy atom. The van der Waals surface area contributed by atoms with Crippen LogP contribution in [0.15, 0.2) is 46.9 Å². The zero-order valence-electron chi connectivity index (χ0n) is 10.3. The van der Waals surface area contributed by atoms with E-state index in [2.05, 4.69) is 15.9 Å². The molecule has 3 nitrogen and oxygen atoms in total. The Kier molecular flexibility index (Phi) is 3.14. The Balaban J connectivity index is 2.01. The molecule has 1 aliphatic heterocycles. The Morgan fingerprint density at radius 3 is 2.65 bits per heavy atom. The average Bonchev–Trinajstić information content (AvgIpc) is 2.68. The molecule has 0 saturated heterocycles. The number of hydrogen-bond acceptors (Lipinski definition) is 2. The number of ketones is 1. The summed E-state index contributed by atoms with van der Waals surface area (Å²) in [5, 5.41) is 0. The first-order valence-electron chi connectivity index (χ1n) is 5.97. The maximum absolute atomic E-state index is 13.8. The lowest BCUT2D eigenvalue weighted by Gasteiger charge is -2.17. The van der Waals surface area contributed by atoms with Gasteiger partial charge >= 0.3 is 0 Å². The topological polar surface area (TPSA) is 37.4 Å².